The Kier molecular flexibility index (Phi) is 6.74. The highest BCUT2D eigenvalue weighted by Gasteiger charge is 2.30. The van der Waals surface area contributed by atoms with Crippen molar-refractivity contribution in [3.63, 3.8) is 0 Å². The van der Waals surface area contributed by atoms with E-state index in [2.05, 4.69) is 27.6 Å². The Morgan fingerprint density at radius 2 is 2.09 bits per heavy atom. The molecule has 0 aliphatic carbocycles. The van der Waals surface area contributed by atoms with Gasteiger partial charge in [0.1, 0.15) is 5.82 Å². The summed E-state index contributed by atoms with van der Waals surface area (Å²) >= 11 is 0. The minimum Gasteiger partial charge on any atom is -0.481 e. The van der Waals surface area contributed by atoms with E-state index in [1.165, 1.54) is 5.56 Å². The molecule has 35 heavy (non-hydrogen) atoms. The summed E-state index contributed by atoms with van der Waals surface area (Å²) in [5.74, 6) is 1.17. The Morgan fingerprint density at radius 3 is 2.94 bits per heavy atom. The van der Waals surface area contributed by atoms with Crippen molar-refractivity contribution in [1.82, 2.24) is 15.2 Å². The van der Waals surface area contributed by atoms with Crippen LogP contribution in [0, 0.1) is 5.92 Å². The maximum Gasteiger partial charge on any atom is 0.307 e. The molecule has 2 atom stereocenters. The highest BCUT2D eigenvalue weighted by molar-refractivity contribution is 5.71. The van der Waals surface area contributed by atoms with Gasteiger partial charge in [-0.2, -0.15) is 0 Å². The number of H-pyrrole nitrogens is 1. The van der Waals surface area contributed by atoms with Gasteiger partial charge in [0.05, 0.1) is 12.5 Å². The van der Waals surface area contributed by atoms with Crippen molar-refractivity contribution < 1.29 is 24.1 Å². The lowest BCUT2D eigenvalue weighted by Crippen LogP contribution is -2.23. The number of hydrogen-bond acceptors (Lipinski definition) is 7. The second-order valence-electron chi connectivity index (χ2n) is 8.95. The van der Waals surface area contributed by atoms with Gasteiger partial charge in [0.25, 0.3) is 0 Å². The Labute approximate surface area is 203 Å². The Morgan fingerprint density at radius 1 is 1.20 bits per heavy atom. The summed E-state index contributed by atoms with van der Waals surface area (Å²) in [6, 6.07) is 11.7. The third-order valence-electron chi connectivity index (χ3n) is 6.67. The first kappa shape index (κ1) is 23.0. The molecule has 0 radical (unpaired) electrons. The van der Waals surface area contributed by atoms with Crippen LogP contribution in [-0.4, -0.2) is 46.2 Å². The predicted octanol–water partition coefficient (Wildman–Crippen LogP) is 3.95. The van der Waals surface area contributed by atoms with E-state index in [9.17, 15) is 9.90 Å². The van der Waals surface area contributed by atoms with Gasteiger partial charge in [0.15, 0.2) is 11.5 Å². The van der Waals surface area contributed by atoms with Gasteiger partial charge in [-0.3, -0.25) is 9.89 Å². The Balaban J connectivity index is 1.24. The van der Waals surface area contributed by atoms with Crippen molar-refractivity contribution in [1.29, 1.82) is 0 Å². The zero-order valence-corrected chi connectivity index (χ0v) is 19.8. The minimum absolute atomic E-state index is 0.179. The number of carboxylic acids is 1. The van der Waals surface area contributed by atoms with Gasteiger partial charge < -0.3 is 24.6 Å². The zero-order valence-electron chi connectivity index (χ0n) is 19.8. The Bertz CT molecular complexity index is 1190. The Hall–Kier alpha value is -3.75. The van der Waals surface area contributed by atoms with E-state index in [1.54, 1.807) is 0 Å². The van der Waals surface area contributed by atoms with Crippen molar-refractivity contribution in [2.75, 3.05) is 25.3 Å². The van der Waals surface area contributed by atoms with Crippen molar-refractivity contribution in [3.05, 3.63) is 58.9 Å². The van der Waals surface area contributed by atoms with Crippen LogP contribution in [0.2, 0.25) is 0 Å². The molecule has 2 aliphatic rings. The molecule has 5 rings (SSSR count). The molecule has 1 aromatic carbocycles. The smallest absolute Gasteiger partial charge is 0.307 e. The van der Waals surface area contributed by atoms with Gasteiger partial charge in [0.2, 0.25) is 12.7 Å². The lowest BCUT2D eigenvalue weighted by Gasteiger charge is -2.23. The lowest BCUT2D eigenvalue weighted by atomic mass is 9.81. The summed E-state index contributed by atoms with van der Waals surface area (Å²) in [6.07, 6.45) is 3.87. The number of nitrogens with zero attached hydrogens (tertiary/aromatic N) is 2. The average Bonchev–Trinajstić information content (AvgIpc) is 3.52. The van der Waals surface area contributed by atoms with Gasteiger partial charge in [-0.15, -0.1) is 5.10 Å². The van der Waals surface area contributed by atoms with Gasteiger partial charge >= 0.3 is 5.97 Å². The number of aryl methyl sites for hydroxylation is 1. The molecule has 2 aromatic heterocycles. The second-order valence-corrected chi connectivity index (χ2v) is 8.95. The van der Waals surface area contributed by atoms with Gasteiger partial charge in [0, 0.05) is 36.3 Å². The quantitative estimate of drug-likeness (QED) is 0.401. The molecule has 3 N–H and O–H groups in total. The van der Waals surface area contributed by atoms with Crippen molar-refractivity contribution in [2.24, 2.45) is 5.92 Å². The molecule has 3 aromatic rings. The third-order valence-corrected chi connectivity index (χ3v) is 6.67. The molecule has 4 heterocycles. The van der Waals surface area contributed by atoms with E-state index in [-0.39, 0.29) is 12.7 Å². The summed E-state index contributed by atoms with van der Waals surface area (Å²) < 4.78 is 16.8. The van der Waals surface area contributed by atoms with E-state index in [0.717, 1.165) is 42.2 Å². The van der Waals surface area contributed by atoms with Gasteiger partial charge in [-0.1, -0.05) is 19.1 Å². The first-order valence-corrected chi connectivity index (χ1v) is 12.1. The fraction of sp³-hybridized carbons (Fsp3) is 0.423. The molecule has 2 unspecified atom stereocenters. The minimum atomic E-state index is -0.821. The monoisotopic (exact) mass is 478 g/mol. The average molecular weight is 479 g/mol. The zero-order chi connectivity index (χ0) is 24.2. The number of nitrogens with one attached hydrogen (secondary N) is 2. The number of carboxylic acid groups (broad SMARTS) is 1. The van der Waals surface area contributed by atoms with Crippen molar-refractivity contribution in [2.45, 2.75) is 44.9 Å². The molecule has 0 bridgehead atoms. The summed E-state index contributed by atoms with van der Waals surface area (Å²) in [5.41, 5.74) is 3.96. The van der Waals surface area contributed by atoms with Gasteiger partial charge in [-0.25, -0.2) is 4.98 Å². The summed E-state index contributed by atoms with van der Waals surface area (Å²) in [4.78, 5) is 16.7. The van der Waals surface area contributed by atoms with Gasteiger partial charge in [-0.05, 0) is 55.0 Å². The van der Waals surface area contributed by atoms with Crippen LogP contribution in [0.1, 0.15) is 48.2 Å². The number of ether oxygens (including phenoxy) is 3. The number of fused-ring (bicyclic) bond motifs is 2. The van der Waals surface area contributed by atoms with E-state index in [0.29, 0.717) is 43.2 Å². The van der Waals surface area contributed by atoms with Crippen LogP contribution in [-0.2, 0) is 24.1 Å². The first-order chi connectivity index (χ1) is 17.1. The van der Waals surface area contributed by atoms with Crippen molar-refractivity contribution in [3.8, 4) is 17.4 Å². The first-order valence-electron chi connectivity index (χ1n) is 12.1. The van der Waals surface area contributed by atoms with Crippen LogP contribution < -0.4 is 19.5 Å². The number of hydrogen-bond donors (Lipinski definition) is 3. The summed E-state index contributed by atoms with van der Waals surface area (Å²) in [5, 5.41) is 20.5. The molecule has 9 nitrogen and oxygen atoms in total. The van der Waals surface area contributed by atoms with Crippen LogP contribution in [0.3, 0.4) is 0 Å². The fourth-order valence-electron chi connectivity index (χ4n) is 4.79. The highest BCUT2D eigenvalue weighted by Crippen LogP contribution is 2.38. The van der Waals surface area contributed by atoms with E-state index >= 15 is 0 Å². The summed E-state index contributed by atoms with van der Waals surface area (Å²) in [7, 11) is 0. The molecular weight excluding hydrogens is 448 g/mol. The molecule has 0 saturated carbocycles. The molecular formula is C26H30N4O5. The number of pyridine rings is 1. The molecule has 0 spiro atoms. The number of anilines is 1. The van der Waals surface area contributed by atoms with Crippen LogP contribution in [0.4, 0.5) is 5.82 Å². The number of carbonyl (C=O) groups is 1. The van der Waals surface area contributed by atoms with Crippen LogP contribution in [0.25, 0.3) is 0 Å². The predicted molar refractivity (Wildman–Crippen MR) is 129 cm³/mol. The largest absolute Gasteiger partial charge is 0.481 e. The maximum atomic E-state index is 12.0. The molecule has 0 amide bonds. The summed E-state index contributed by atoms with van der Waals surface area (Å²) in [6.45, 7) is 3.49. The van der Waals surface area contributed by atoms with E-state index < -0.39 is 11.9 Å². The number of aliphatic carboxylic acids is 1. The standard InChI is InChI=1S/C26H30N4O5/c1-2-20(26(31)32)21(17-6-8-22-23(12-17)35-15-34-22)13-19-14-24(30-29-19)33-11-9-18-7-5-16-4-3-10-27-25(16)28-18/h5-8,12,14,20-21H,2-4,9-11,13,15H2,1H3,(H,27,28)(H,29,30)(H,31,32). The van der Waals surface area contributed by atoms with E-state index in [1.807, 2.05) is 31.2 Å². The van der Waals surface area contributed by atoms with Crippen LogP contribution >= 0.6 is 0 Å². The van der Waals surface area contributed by atoms with Crippen LogP contribution in [0.5, 0.6) is 17.4 Å². The number of rotatable bonds is 10. The molecule has 2 aliphatic heterocycles. The highest BCUT2D eigenvalue weighted by atomic mass is 16.7. The number of benzene rings is 1. The lowest BCUT2D eigenvalue weighted by molar-refractivity contribution is -0.142. The topological polar surface area (TPSA) is 119 Å². The molecule has 184 valence electrons. The van der Waals surface area contributed by atoms with Crippen LogP contribution in [0.15, 0.2) is 36.4 Å². The number of aromatic nitrogens is 3. The molecule has 0 fully saturated rings. The SMILES string of the molecule is CCC(C(=O)O)C(Cc1cc(OCCc2ccc3c(n2)NCCC3)n[nH]1)c1ccc2c(c1)OCO2. The third kappa shape index (κ3) is 5.18. The number of aromatic amines is 1. The normalized spacial score (nSPS) is 15.7. The maximum absolute atomic E-state index is 12.0. The molecule has 0 saturated heterocycles. The van der Waals surface area contributed by atoms with Crippen molar-refractivity contribution >= 4 is 11.8 Å². The second kappa shape index (κ2) is 10.2. The fourth-order valence-corrected chi connectivity index (χ4v) is 4.79. The molecule has 9 heteroatoms. The van der Waals surface area contributed by atoms with E-state index in [4.69, 9.17) is 19.2 Å².